The van der Waals surface area contributed by atoms with E-state index in [0.717, 1.165) is 13.1 Å². The molecule has 0 spiro atoms. The first-order valence-electron chi connectivity index (χ1n) is 2.80. The Morgan fingerprint density at radius 3 is 2.50 bits per heavy atom. The maximum atomic E-state index is 12.3. The molecule has 0 aromatic carbocycles. The molecule has 0 saturated carbocycles. The summed E-state index contributed by atoms with van der Waals surface area (Å²) in [5.41, 5.74) is 0. The third kappa shape index (κ3) is 0.980. The number of nitrogens with one attached hydrogen (secondary N) is 1. The summed E-state index contributed by atoms with van der Waals surface area (Å²) >= 11 is 0. The molecule has 48 valence electrons. The number of hydrogen-bond acceptors (Lipinski definition) is 2. The Bertz CT molecular complexity index is 72.1. The lowest BCUT2D eigenvalue weighted by Gasteiger charge is -2.28. The number of aliphatic hydroxyl groups excluding tert-OH is 1. The molecule has 2 N–H and O–H groups in total. The minimum absolute atomic E-state index is 0.0694. The van der Waals surface area contributed by atoms with Crippen LogP contribution in [0.4, 0.5) is 4.39 Å². The molecule has 0 aromatic rings. The van der Waals surface area contributed by atoms with Crippen LogP contribution in [-0.4, -0.2) is 31.0 Å². The molecule has 1 aliphatic heterocycles. The van der Waals surface area contributed by atoms with Gasteiger partial charge in [-0.1, -0.05) is 0 Å². The van der Waals surface area contributed by atoms with Crippen LogP contribution in [0.25, 0.3) is 0 Å². The molecule has 1 fully saturated rings. The first kappa shape index (κ1) is 5.98. The van der Waals surface area contributed by atoms with E-state index in [2.05, 4.69) is 5.32 Å². The van der Waals surface area contributed by atoms with Gasteiger partial charge in [0.1, 0.15) is 6.17 Å². The summed E-state index contributed by atoms with van der Waals surface area (Å²) in [5, 5.41) is 11.2. The van der Waals surface area contributed by atoms with Crippen molar-refractivity contribution in [2.45, 2.75) is 6.17 Å². The van der Waals surface area contributed by atoms with Gasteiger partial charge in [0.25, 0.3) is 0 Å². The van der Waals surface area contributed by atoms with Crippen molar-refractivity contribution in [1.82, 2.24) is 5.32 Å². The van der Waals surface area contributed by atoms with Crippen molar-refractivity contribution in [2.75, 3.05) is 19.7 Å². The fraction of sp³-hybridized carbons (Fsp3) is 1.00. The van der Waals surface area contributed by atoms with Crippen molar-refractivity contribution in [3.63, 3.8) is 0 Å². The molecule has 3 heteroatoms. The summed E-state index contributed by atoms with van der Waals surface area (Å²) in [4.78, 5) is 0. The molecule has 0 amide bonds. The largest absolute Gasteiger partial charge is 0.393 e. The maximum Gasteiger partial charge on any atom is 0.128 e. The highest BCUT2D eigenvalue weighted by atomic mass is 19.1. The summed E-state index contributed by atoms with van der Waals surface area (Å²) in [6.45, 7) is 1.12. The van der Waals surface area contributed by atoms with Gasteiger partial charge in [-0.05, 0) is 0 Å². The van der Waals surface area contributed by atoms with E-state index >= 15 is 0 Å². The molecule has 1 heterocycles. The molecule has 0 aliphatic carbocycles. The van der Waals surface area contributed by atoms with Crippen LogP contribution in [0.5, 0.6) is 0 Å². The number of halogens is 1. The van der Waals surface area contributed by atoms with Crippen molar-refractivity contribution < 1.29 is 9.50 Å². The van der Waals surface area contributed by atoms with Gasteiger partial charge in [-0.25, -0.2) is 4.39 Å². The van der Waals surface area contributed by atoms with Crippen molar-refractivity contribution in [2.24, 2.45) is 5.92 Å². The highest BCUT2D eigenvalue weighted by Crippen LogP contribution is 2.11. The van der Waals surface area contributed by atoms with Crippen molar-refractivity contribution >= 4 is 0 Å². The molecular formula is C5H10FNO. The molecule has 8 heavy (non-hydrogen) atoms. The first-order chi connectivity index (χ1) is 3.84. The Balaban J connectivity index is 2.13. The molecule has 1 unspecified atom stereocenters. The van der Waals surface area contributed by atoms with E-state index in [0.29, 0.717) is 0 Å². The quantitative estimate of drug-likeness (QED) is 0.515. The molecule has 1 rings (SSSR count). The lowest BCUT2D eigenvalue weighted by atomic mass is 9.98. The predicted octanol–water partition coefficient (Wildman–Crippen LogP) is -0.464. The van der Waals surface area contributed by atoms with Crippen molar-refractivity contribution in [1.29, 1.82) is 0 Å². The van der Waals surface area contributed by atoms with Crippen LogP contribution in [0.3, 0.4) is 0 Å². The zero-order valence-corrected chi connectivity index (χ0v) is 4.60. The maximum absolute atomic E-state index is 12.3. The minimum Gasteiger partial charge on any atom is -0.393 e. The van der Waals surface area contributed by atoms with Gasteiger partial charge in [-0.3, -0.25) is 0 Å². The Kier molecular flexibility index (Phi) is 1.81. The van der Waals surface area contributed by atoms with Crippen molar-refractivity contribution in [3.05, 3.63) is 0 Å². The van der Waals surface area contributed by atoms with Gasteiger partial charge in [-0.15, -0.1) is 0 Å². The predicted molar refractivity (Wildman–Crippen MR) is 28.3 cm³/mol. The monoisotopic (exact) mass is 119 g/mol. The van der Waals surface area contributed by atoms with Gasteiger partial charge < -0.3 is 10.4 Å². The first-order valence-corrected chi connectivity index (χ1v) is 2.80. The van der Waals surface area contributed by atoms with Crippen LogP contribution in [0.1, 0.15) is 0 Å². The number of aliphatic hydroxyl groups is 1. The van der Waals surface area contributed by atoms with Crippen LogP contribution in [0.2, 0.25) is 0 Å². The minimum atomic E-state index is -1.00. The third-order valence-electron chi connectivity index (χ3n) is 1.50. The normalized spacial score (nSPS) is 24.8. The van der Waals surface area contributed by atoms with E-state index < -0.39 is 6.17 Å². The van der Waals surface area contributed by atoms with Gasteiger partial charge in [0, 0.05) is 19.0 Å². The summed E-state index contributed by atoms with van der Waals surface area (Å²) < 4.78 is 12.3. The highest BCUT2D eigenvalue weighted by molar-refractivity contribution is 4.80. The molecule has 2 nitrogen and oxygen atoms in total. The molecule has 0 bridgehead atoms. The second-order valence-corrected chi connectivity index (χ2v) is 2.12. The van der Waals surface area contributed by atoms with Crippen LogP contribution in [0.15, 0.2) is 0 Å². The zero-order valence-electron chi connectivity index (χ0n) is 4.60. The number of rotatable bonds is 2. The second-order valence-electron chi connectivity index (χ2n) is 2.12. The Hall–Kier alpha value is -0.150. The molecule has 0 radical (unpaired) electrons. The van der Waals surface area contributed by atoms with Gasteiger partial charge in [0.05, 0.1) is 6.61 Å². The van der Waals surface area contributed by atoms with Gasteiger partial charge >= 0.3 is 0 Å². The topological polar surface area (TPSA) is 32.3 Å². The van der Waals surface area contributed by atoms with Crippen LogP contribution < -0.4 is 5.32 Å². The van der Waals surface area contributed by atoms with Crippen LogP contribution in [0, 0.1) is 5.92 Å². The average Bonchev–Trinajstić information content (AvgIpc) is 1.62. The molecule has 1 aliphatic rings. The summed E-state index contributed by atoms with van der Waals surface area (Å²) in [6, 6.07) is 0. The SMILES string of the molecule is OCC(F)C1CNC1. The summed E-state index contributed by atoms with van der Waals surface area (Å²) in [7, 11) is 0. The van der Waals surface area contributed by atoms with Gasteiger partial charge in [0.15, 0.2) is 0 Å². The van der Waals surface area contributed by atoms with Crippen LogP contribution in [-0.2, 0) is 0 Å². The molecule has 0 aromatic heterocycles. The van der Waals surface area contributed by atoms with Gasteiger partial charge in [0.2, 0.25) is 0 Å². The Morgan fingerprint density at radius 2 is 2.38 bits per heavy atom. The fourth-order valence-corrected chi connectivity index (χ4v) is 0.716. The smallest absolute Gasteiger partial charge is 0.128 e. The van der Waals surface area contributed by atoms with E-state index in [-0.39, 0.29) is 12.5 Å². The second kappa shape index (κ2) is 2.42. The van der Waals surface area contributed by atoms with E-state index in [9.17, 15) is 4.39 Å². The lowest BCUT2D eigenvalue weighted by Crippen LogP contribution is -2.48. The molecule has 1 saturated heterocycles. The number of hydrogen-bond donors (Lipinski definition) is 2. The summed E-state index contributed by atoms with van der Waals surface area (Å²) in [5.74, 6) is 0.0694. The third-order valence-corrected chi connectivity index (χ3v) is 1.50. The highest BCUT2D eigenvalue weighted by Gasteiger charge is 2.25. The van der Waals surface area contributed by atoms with Crippen LogP contribution >= 0.6 is 0 Å². The van der Waals surface area contributed by atoms with E-state index in [4.69, 9.17) is 5.11 Å². The summed E-state index contributed by atoms with van der Waals surface area (Å²) in [6.07, 6.45) is -1.00. The van der Waals surface area contributed by atoms with E-state index in [1.807, 2.05) is 0 Å². The number of alkyl halides is 1. The fourth-order valence-electron chi connectivity index (χ4n) is 0.716. The standard InChI is InChI=1S/C5H10FNO/c6-5(3-8)4-1-7-2-4/h4-5,7-8H,1-3H2. The Morgan fingerprint density at radius 1 is 1.75 bits per heavy atom. The van der Waals surface area contributed by atoms with Crippen molar-refractivity contribution in [3.8, 4) is 0 Å². The van der Waals surface area contributed by atoms with E-state index in [1.54, 1.807) is 0 Å². The lowest BCUT2D eigenvalue weighted by molar-refractivity contribution is 0.0974. The Labute approximate surface area is 47.7 Å². The van der Waals surface area contributed by atoms with E-state index in [1.165, 1.54) is 0 Å². The van der Waals surface area contributed by atoms with Gasteiger partial charge in [-0.2, -0.15) is 0 Å². The zero-order chi connectivity index (χ0) is 5.98. The molecular weight excluding hydrogens is 109 g/mol. The average molecular weight is 119 g/mol. The molecule has 1 atom stereocenters.